The van der Waals surface area contributed by atoms with E-state index in [4.69, 9.17) is 9.84 Å². The Morgan fingerprint density at radius 3 is 2.74 bits per heavy atom. The van der Waals surface area contributed by atoms with Crippen LogP contribution in [0.3, 0.4) is 0 Å². The Balaban J connectivity index is 1.68. The highest BCUT2D eigenvalue weighted by Crippen LogP contribution is 2.27. The molecule has 0 spiro atoms. The minimum atomic E-state index is -0.784. The van der Waals surface area contributed by atoms with E-state index >= 15 is 0 Å². The molecule has 23 heavy (non-hydrogen) atoms. The molecule has 7 heteroatoms. The summed E-state index contributed by atoms with van der Waals surface area (Å²) in [5.41, 5.74) is 0.630. The normalized spacial score (nSPS) is 23.8. The summed E-state index contributed by atoms with van der Waals surface area (Å²) in [6.07, 6.45) is -0.218. The first-order valence-corrected chi connectivity index (χ1v) is 7.49. The quantitative estimate of drug-likeness (QED) is 0.743. The fourth-order valence-electron chi connectivity index (χ4n) is 2.57. The lowest BCUT2D eigenvalue weighted by Gasteiger charge is -2.14. The second kappa shape index (κ2) is 6.91. The smallest absolute Gasteiger partial charge is 0.351 e. The Hall–Kier alpha value is -2.22. The van der Waals surface area contributed by atoms with Crippen LogP contribution in [0.2, 0.25) is 0 Å². The Morgan fingerprint density at radius 2 is 2.09 bits per heavy atom. The molecule has 1 fully saturated rings. The number of benzene rings is 1. The number of rotatable bonds is 5. The summed E-state index contributed by atoms with van der Waals surface area (Å²) in [5.74, 6) is 0.479. The number of aliphatic hydroxyl groups is 2. The lowest BCUT2D eigenvalue weighted by molar-refractivity contribution is -0.0458. The number of hydrogen-bond donors (Lipinski definition) is 3. The van der Waals surface area contributed by atoms with Gasteiger partial charge < -0.3 is 20.3 Å². The summed E-state index contributed by atoms with van der Waals surface area (Å²) in [6.45, 7) is 0.291. The zero-order valence-electron chi connectivity index (χ0n) is 12.5. The van der Waals surface area contributed by atoms with Gasteiger partial charge in [-0.3, -0.25) is 4.57 Å². The molecule has 0 amide bonds. The van der Waals surface area contributed by atoms with Crippen molar-refractivity contribution in [2.45, 2.75) is 31.4 Å². The summed E-state index contributed by atoms with van der Waals surface area (Å²) in [5, 5.41) is 21.9. The van der Waals surface area contributed by atoms with Crippen molar-refractivity contribution >= 4 is 5.82 Å². The number of aromatic nitrogens is 2. The maximum absolute atomic E-state index is 12.1. The standard InChI is InChI=1S/C16H19N3O4/c20-10-13-12(21)8-15(23-13)19-7-6-14(18-16(19)22)17-9-11-4-2-1-3-5-11/h1-7,12-13,15,20-21H,8-10H2,(H,17,18,22)/t12-,13+,15-/m1/s1. The van der Waals surface area contributed by atoms with Crippen molar-refractivity contribution in [2.75, 3.05) is 11.9 Å². The number of nitrogens with zero attached hydrogens (tertiary/aromatic N) is 2. The average molecular weight is 317 g/mol. The highest BCUT2D eigenvalue weighted by Gasteiger charge is 2.34. The third-order valence-electron chi connectivity index (χ3n) is 3.84. The second-order valence-electron chi connectivity index (χ2n) is 5.46. The van der Waals surface area contributed by atoms with E-state index in [1.54, 1.807) is 12.3 Å². The monoisotopic (exact) mass is 317 g/mol. The van der Waals surface area contributed by atoms with Crippen molar-refractivity contribution in [3.05, 3.63) is 58.6 Å². The van der Waals surface area contributed by atoms with Crippen molar-refractivity contribution in [1.29, 1.82) is 0 Å². The molecular formula is C16H19N3O4. The molecule has 1 saturated heterocycles. The van der Waals surface area contributed by atoms with Gasteiger partial charge in [-0.15, -0.1) is 0 Å². The van der Waals surface area contributed by atoms with Gasteiger partial charge in [-0.2, -0.15) is 4.98 Å². The minimum Gasteiger partial charge on any atom is -0.394 e. The van der Waals surface area contributed by atoms with E-state index in [1.165, 1.54) is 4.57 Å². The van der Waals surface area contributed by atoms with Crippen molar-refractivity contribution < 1.29 is 14.9 Å². The van der Waals surface area contributed by atoms with E-state index in [2.05, 4.69) is 10.3 Å². The molecule has 7 nitrogen and oxygen atoms in total. The van der Waals surface area contributed by atoms with Crippen LogP contribution in [0.25, 0.3) is 0 Å². The molecule has 0 bridgehead atoms. The maximum atomic E-state index is 12.1. The summed E-state index contributed by atoms with van der Waals surface area (Å²) >= 11 is 0. The first kappa shape index (κ1) is 15.7. The lowest BCUT2D eigenvalue weighted by Crippen LogP contribution is -2.28. The van der Waals surface area contributed by atoms with Gasteiger partial charge in [0.05, 0.1) is 12.7 Å². The Labute approximate surface area is 133 Å². The van der Waals surface area contributed by atoms with E-state index in [0.717, 1.165) is 5.56 Å². The van der Waals surface area contributed by atoms with Gasteiger partial charge in [-0.05, 0) is 11.6 Å². The van der Waals surface area contributed by atoms with Crippen LogP contribution in [-0.4, -0.2) is 38.6 Å². The van der Waals surface area contributed by atoms with Crippen molar-refractivity contribution in [3.8, 4) is 0 Å². The molecule has 122 valence electrons. The predicted molar refractivity (Wildman–Crippen MR) is 83.9 cm³/mol. The molecule has 1 aromatic carbocycles. The van der Waals surface area contributed by atoms with E-state index in [9.17, 15) is 9.90 Å². The first-order valence-electron chi connectivity index (χ1n) is 7.49. The average Bonchev–Trinajstić information content (AvgIpc) is 2.94. The molecule has 2 heterocycles. The molecule has 1 aliphatic rings. The zero-order valence-corrected chi connectivity index (χ0v) is 12.5. The Bertz CT molecular complexity index is 704. The molecule has 0 unspecified atom stereocenters. The van der Waals surface area contributed by atoms with Crippen LogP contribution in [-0.2, 0) is 11.3 Å². The molecule has 2 aromatic rings. The van der Waals surface area contributed by atoms with Crippen LogP contribution < -0.4 is 11.0 Å². The third kappa shape index (κ3) is 3.58. The third-order valence-corrected chi connectivity index (χ3v) is 3.84. The highest BCUT2D eigenvalue weighted by atomic mass is 16.5. The molecular weight excluding hydrogens is 298 g/mol. The van der Waals surface area contributed by atoms with Crippen LogP contribution in [0, 0.1) is 0 Å². The fourth-order valence-corrected chi connectivity index (χ4v) is 2.57. The number of anilines is 1. The van der Waals surface area contributed by atoms with Crippen LogP contribution >= 0.6 is 0 Å². The predicted octanol–water partition coefficient (Wildman–Crippen LogP) is 0.496. The number of hydrogen-bond acceptors (Lipinski definition) is 6. The van der Waals surface area contributed by atoms with Gasteiger partial charge >= 0.3 is 5.69 Å². The summed E-state index contributed by atoms with van der Waals surface area (Å²) in [7, 11) is 0. The summed E-state index contributed by atoms with van der Waals surface area (Å²) in [4.78, 5) is 16.1. The van der Waals surface area contributed by atoms with E-state index in [1.807, 2.05) is 30.3 Å². The van der Waals surface area contributed by atoms with Gasteiger partial charge in [0.15, 0.2) is 0 Å². The molecule has 1 aliphatic heterocycles. The summed E-state index contributed by atoms with van der Waals surface area (Å²) < 4.78 is 6.79. The molecule has 0 saturated carbocycles. The largest absolute Gasteiger partial charge is 0.394 e. The summed E-state index contributed by atoms with van der Waals surface area (Å²) in [6, 6.07) is 11.5. The van der Waals surface area contributed by atoms with Gasteiger partial charge in [0.1, 0.15) is 18.1 Å². The van der Waals surface area contributed by atoms with Gasteiger partial charge in [0.2, 0.25) is 0 Å². The van der Waals surface area contributed by atoms with E-state index in [0.29, 0.717) is 12.4 Å². The van der Waals surface area contributed by atoms with Crippen LogP contribution in [0.5, 0.6) is 0 Å². The fraction of sp³-hybridized carbons (Fsp3) is 0.375. The van der Waals surface area contributed by atoms with Crippen molar-refractivity contribution in [2.24, 2.45) is 0 Å². The number of ether oxygens (including phenoxy) is 1. The zero-order chi connectivity index (χ0) is 16.2. The molecule has 0 aliphatic carbocycles. The Morgan fingerprint density at radius 1 is 1.30 bits per heavy atom. The maximum Gasteiger partial charge on any atom is 0.351 e. The molecule has 1 aromatic heterocycles. The molecule has 0 radical (unpaired) electrons. The first-order chi connectivity index (χ1) is 11.2. The SMILES string of the molecule is O=c1nc(NCc2ccccc2)ccn1[C@H]1C[C@@H](O)[C@H](CO)O1. The number of aliphatic hydroxyl groups excluding tert-OH is 2. The molecule has 3 rings (SSSR count). The van der Waals surface area contributed by atoms with Crippen molar-refractivity contribution in [3.63, 3.8) is 0 Å². The molecule has 3 N–H and O–H groups in total. The topological polar surface area (TPSA) is 96.6 Å². The van der Waals surface area contributed by atoms with Gasteiger partial charge in [-0.25, -0.2) is 4.79 Å². The molecule has 3 atom stereocenters. The minimum absolute atomic E-state index is 0.254. The van der Waals surface area contributed by atoms with Crippen molar-refractivity contribution in [1.82, 2.24) is 9.55 Å². The second-order valence-corrected chi connectivity index (χ2v) is 5.46. The van der Waals surface area contributed by atoms with Crippen LogP contribution in [0.1, 0.15) is 18.2 Å². The van der Waals surface area contributed by atoms with Crippen LogP contribution in [0.15, 0.2) is 47.4 Å². The van der Waals surface area contributed by atoms with Gasteiger partial charge in [0.25, 0.3) is 0 Å². The van der Waals surface area contributed by atoms with Gasteiger partial charge in [0, 0.05) is 19.2 Å². The van der Waals surface area contributed by atoms with Crippen LogP contribution in [0.4, 0.5) is 5.82 Å². The van der Waals surface area contributed by atoms with Gasteiger partial charge in [-0.1, -0.05) is 30.3 Å². The number of nitrogens with one attached hydrogen (secondary N) is 1. The van der Waals surface area contributed by atoms with E-state index < -0.39 is 24.1 Å². The Kier molecular flexibility index (Phi) is 4.71. The van der Waals surface area contributed by atoms with E-state index in [-0.39, 0.29) is 13.0 Å². The lowest BCUT2D eigenvalue weighted by atomic mass is 10.2. The highest BCUT2D eigenvalue weighted by molar-refractivity contribution is 5.33.